The van der Waals surface area contributed by atoms with Gasteiger partial charge in [0.05, 0.1) is 7.11 Å². The number of likely N-dealkylation sites (N-methyl/N-ethyl adjacent to an activating group) is 1. The summed E-state index contributed by atoms with van der Waals surface area (Å²) in [6.07, 6.45) is -0.243. The molecular weight excluding hydrogens is 290 g/mol. The van der Waals surface area contributed by atoms with Crippen molar-refractivity contribution in [3.63, 3.8) is 0 Å². The lowest BCUT2D eigenvalue weighted by Crippen LogP contribution is -2.61. The number of amides is 1. The van der Waals surface area contributed by atoms with Crippen molar-refractivity contribution in [1.29, 1.82) is 0 Å². The van der Waals surface area contributed by atoms with E-state index in [4.69, 9.17) is 4.74 Å². The normalized spacial score (nSPS) is 10.9. The second-order valence-electron chi connectivity index (χ2n) is 4.60. The molecule has 1 amide bonds. The largest absolute Gasteiger partial charge is 0.497 e. The molecule has 0 aliphatic rings. The molecule has 1 aromatic carbocycles. The summed E-state index contributed by atoms with van der Waals surface area (Å²) >= 11 is 0. The Labute approximate surface area is 128 Å². The van der Waals surface area contributed by atoms with Crippen LogP contribution in [0.4, 0.5) is 0 Å². The van der Waals surface area contributed by atoms with Crippen molar-refractivity contribution in [1.82, 2.24) is 4.90 Å². The summed E-state index contributed by atoms with van der Waals surface area (Å²) in [6.45, 7) is 2.92. The number of methoxy groups -OCH3 is 1. The highest BCUT2D eigenvalue weighted by atomic mass is 16.5. The van der Waals surface area contributed by atoms with Crippen LogP contribution in [-0.2, 0) is 9.59 Å². The number of carboxylic acid groups (broad SMARTS) is 2. The summed E-state index contributed by atoms with van der Waals surface area (Å²) in [5.74, 6) is -3.24. The van der Waals surface area contributed by atoms with Crippen LogP contribution in [0.25, 0.3) is 0 Å². The van der Waals surface area contributed by atoms with Crippen LogP contribution < -0.4 is 4.74 Å². The molecule has 120 valence electrons. The summed E-state index contributed by atoms with van der Waals surface area (Å²) in [4.78, 5) is 36.5. The summed E-state index contributed by atoms with van der Waals surface area (Å²) in [6, 6.07) is 6.04. The van der Waals surface area contributed by atoms with E-state index in [9.17, 15) is 24.6 Å². The van der Waals surface area contributed by atoms with E-state index in [1.807, 2.05) is 0 Å². The Morgan fingerprint density at radius 1 is 1.09 bits per heavy atom. The SMILES string of the molecule is CCN(C(=O)c1ccc(OC)cc1)C(CC)(C(=O)O)C(=O)O. The van der Waals surface area contributed by atoms with E-state index in [1.165, 1.54) is 33.1 Å². The van der Waals surface area contributed by atoms with Gasteiger partial charge < -0.3 is 19.8 Å². The first-order valence-corrected chi connectivity index (χ1v) is 6.77. The van der Waals surface area contributed by atoms with Crippen molar-refractivity contribution >= 4 is 17.8 Å². The van der Waals surface area contributed by atoms with Gasteiger partial charge in [-0.05, 0) is 37.6 Å². The van der Waals surface area contributed by atoms with Gasteiger partial charge in [-0.3, -0.25) is 4.79 Å². The first-order valence-electron chi connectivity index (χ1n) is 6.77. The monoisotopic (exact) mass is 309 g/mol. The van der Waals surface area contributed by atoms with Gasteiger partial charge in [0.25, 0.3) is 5.91 Å². The Morgan fingerprint density at radius 3 is 1.91 bits per heavy atom. The molecule has 0 saturated carbocycles. The number of ether oxygens (including phenoxy) is 1. The van der Waals surface area contributed by atoms with Gasteiger partial charge in [0, 0.05) is 12.1 Å². The molecule has 0 heterocycles. The van der Waals surface area contributed by atoms with E-state index in [0.29, 0.717) is 5.75 Å². The second kappa shape index (κ2) is 6.93. The van der Waals surface area contributed by atoms with Gasteiger partial charge in [-0.2, -0.15) is 0 Å². The third-order valence-corrected chi connectivity index (χ3v) is 3.58. The van der Waals surface area contributed by atoms with Crippen LogP contribution in [0.2, 0.25) is 0 Å². The van der Waals surface area contributed by atoms with Crippen molar-refractivity contribution in [2.45, 2.75) is 25.8 Å². The van der Waals surface area contributed by atoms with Crippen LogP contribution in [0, 0.1) is 0 Å². The van der Waals surface area contributed by atoms with Gasteiger partial charge in [0.15, 0.2) is 0 Å². The summed E-state index contributed by atoms with van der Waals surface area (Å²) in [7, 11) is 1.48. The molecule has 0 atom stereocenters. The highest BCUT2D eigenvalue weighted by Gasteiger charge is 2.52. The van der Waals surface area contributed by atoms with E-state index >= 15 is 0 Å². The Kier molecular flexibility index (Phi) is 5.50. The Morgan fingerprint density at radius 2 is 1.59 bits per heavy atom. The van der Waals surface area contributed by atoms with E-state index in [-0.39, 0.29) is 18.5 Å². The van der Waals surface area contributed by atoms with Crippen LogP contribution in [0.3, 0.4) is 0 Å². The average Bonchev–Trinajstić information content (AvgIpc) is 2.51. The van der Waals surface area contributed by atoms with E-state index in [2.05, 4.69) is 0 Å². The minimum Gasteiger partial charge on any atom is -0.497 e. The van der Waals surface area contributed by atoms with Crippen molar-refractivity contribution in [3.05, 3.63) is 29.8 Å². The van der Waals surface area contributed by atoms with E-state index < -0.39 is 23.4 Å². The molecule has 7 nitrogen and oxygen atoms in total. The number of carbonyl (C=O) groups excluding carboxylic acids is 1. The maximum Gasteiger partial charge on any atom is 0.341 e. The predicted molar refractivity (Wildman–Crippen MR) is 78.0 cm³/mol. The zero-order valence-corrected chi connectivity index (χ0v) is 12.7. The summed E-state index contributed by atoms with van der Waals surface area (Å²) in [5.41, 5.74) is -2.09. The van der Waals surface area contributed by atoms with Gasteiger partial charge in [-0.25, -0.2) is 9.59 Å². The first kappa shape index (κ1) is 17.5. The van der Waals surface area contributed by atoms with Crippen LogP contribution in [-0.4, -0.2) is 52.2 Å². The molecule has 0 saturated heterocycles. The van der Waals surface area contributed by atoms with Gasteiger partial charge in [-0.1, -0.05) is 6.92 Å². The summed E-state index contributed by atoms with van der Waals surface area (Å²) < 4.78 is 4.99. The topological polar surface area (TPSA) is 104 Å². The van der Waals surface area contributed by atoms with Crippen LogP contribution in [0.5, 0.6) is 5.75 Å². The highest BCUT2D eigenvalue weighted by Crippen LogP contribution is 2.24. The predicted octanol–water partition coefficient (Wildman–Crippen LogP) is 1.48. The van der Waals surface area contributed by atoms with Crippen molar-refractivity contribution < 1.29 is 29.3 Å². The molecule has 0 aliphatic heterocycles. The maximum absolute atomic E-state index is 12.5. The quantitative estimate of drug-likeness (QED) is 0.739. The molecule has 0 fully saturated rings. The van der Waals surface area contributed by atoms with Gasteiger partial charge >= 0.3 is 11.9 Å². The number of nitrogens with zero attached hydrogens (tertiary/aromatic N) is 1. The average molecular weight is 309 g/mol. The highest BCUT2D eigenvalue weighted by molar-refractivity contribution is 6.08. The van der Waals surface area contributed by atoms with Gasteiger partial charge in [0.1, 0.15) is 5.75 Å². The number of benzene rings is 1. The lowest BCUT2D eigenvalue weighted by molar-refractivity contribution is -0.166. The third-order valence-electron chi connectivity index (χ3n) is 3.58. The molecule has 0 spiro atoms. The maximum atomic E-state index is 12.5. The third kappa shape index (κ3) is 2.88. The molecule has 0 unspecified atom stereocenters. The van der Waals surface area contributed by atoms with Crippen LogP contribution in [0.1, 0.15) is 30.6 Å². The number of rotatable bonds is 7. The zero-order valence-electron chi connectivity index (χ0n) is 12.7. The minimum absolute atomic E-state index is 0.0443. The van der Waals surface area contributed by atoms with Crippen molar-refractivity contribution in [3.8, 4) is 5.75 Å². The molecule has 7 heteroatoms. The molecule has 22 heavy (non-hydrogen) atoms. The number of aliphatic carboxylic acids is 2. The zero-order chi connectivity index (χ0) is 16.9. The Balaban J connectivity index is 3.29. The Bertz CT molecular complexity index is 552. The number of hydrogen-bond donors (Lipinski definition) is 2. The fraction of sp³-hybridized carbons (Fsp3) is 0.400. The van der Waals surface area contributed by atoms with Gasteiger partial charge in [-0.15, -0.1) is 0 Å². The molecule has 2 N–H and O–H groups in total. The lowest BCUT2D eigenvalue weighted by Gasteiger charge is -2.36. The molecule has 0 aliphatic carbocycles. The number of carbonyl (C=O) groups is 3. The lowest BCUT2D eigenvalue weighted by atomic mass is 9.92. The van der Waals surface area contributed by atoms with E-state index in [0.717, 1.165) is 4.90 Å². The molecule has 0 bridgehead atoms. The minimum atomic E-state index is -2.29. The number of hydrogen-bond acceptors (Lipinski definition) is 4. The fourth-order valence-electron chi connectivity index (χ4n) is 2.29. The molecule has 0 aromatic heterocycles. The van der Waals surface area contributed by atoms with Crippen LogP contribution >= 0.6 is 0 Å². The van der Waals surface area contributed by atoms with Gasteiger partial charge in [0.2, 0.25) is 5.54 Å². The van der Waals surface area contributed by atoms with Crippen molar-refractivity contribution in [2.75, 3.05) is 13.7 Å². The number of carboxylic acids is 2. The van der Waals surface area contributed by atoms with E-state index in [1.54, 1.807) is 12.1 Å². The Hall–Kier alpha value is -2.57. The molecule has 1 aromatic rings. The molecule has 0 radical (unpaired) electrons. The smallest absolute Gasteiger partial charge is 0.341 e. The molecule has 1 rings (SSSR count). The van der Waals surface area contributed by atoms with Crippen molar-refractivity contribution in [2.24, 2.45) is 0 Å². The second-order valence-corrected chi connectivity index (χ2v) is 4.60. The first-order chi connectivity index (χ1) is 10.3. The standard InChI is InChI=1S/C15H19NO6/c1-4-15(13(18)19,14(20)21)16(5-2)12(17)10-6-8-11(22-3)9-7-10/h6-9H,4-5H2,1-3H3,(H,18,19)(H,20,21). The molecular formula is C15H19NO6. The van der Waals surface area contributed by atoms with Crippen LogP contribution in [0.15, 0.2) is 24.3 Å². The summed E-state index contributed by atoms with van der Waals surface area (Å²) in [5, 5.41) is 18.8. The fourth-order valence-corrected chi connectivity index (χ4v) is 2.29.